The van der Waals surface area contributed by atoms with Gasteiger partial charge in [-0.25, -0.2) is 0 Å². The largest absolute Gasteiger partial charge is 0.489 e. The Kier molecular flexibility index (Phi) is 3.59. The molecule has 3 atom stereocenters. The lowest BCUT2D eigenvalue weighted by Crippen LogP contribution is -2.49. The van der Waals surface area contributed by atoms with Crippen LogP contribution in [-0.2, 0) is 23.4 Å². The molecule has 0 bridgehead atoms. The van der Waals surface area contributed by atoms with Crippen molar-refractivity contribution in [1.82, 2.24) is 4.90 Å². The first-order chi connectivity index (χ1) is 12.7. The normalized spacial score (nSPS) is 29.3. The summed E-state index contributed by atoms with van der Waals surface area (Å²) >= 11 is 0. The van der Waals surface area contributed by atoms with Gasteiger partial charge in [0, 0.05) is 13.0 Å². The number of carbonyl (C=O) groups is 1. The molecule has 0 N–H and O–H groups in total. The van der Waals surface area contributed by atoms with E-state index in [4.69, 9.17) is 4.74 Å². The van der Waals surface area contributed by atoms with E-state index in [-0.39, 0.29) is 5.54 Å². The van der Waals surface area contributed by atoms with Gasteiger partial charge in [0.1, 0.15) is 12.4 Å². The van der Waals surface area contributed by atoms with Gasteiger partial charge >= 0.3 is 0 Å². The Hall–Kier alpha value is -2.29. The second kappa shape index (κ2) is 5.87. The number of rotatable bonds is 3. The fraction of sp³-hybridized carbons (Fsp3) is 0.435. The van der Waals surface area contributed by atoms with Crippen LogP contribution in [0.1, 0.15) is 42.9 Å². The van der Waals surface area contributed by atoms with Gasteiger partial charge in [-0.2, -0.15) is 0 Å². The molecule has 2 heterocycles. The maximum absolute atomic E-state index is 12.6. The predicted octanol–water partition coefficient (Wildman–Crippen LogP) is 4.30. The Morgan fingerprint density at radius 2 is 2.04 bits per heavy atom. The molecule has 0 aromatic heterocycles. The standard InChI is InChI=1S/C23H25NO2/c1-16-11-19-13-22(25)24-10-9-18-12-20(7-8-21(18)23(19,24)14-16)26-15-17-5-3-2-4-6-17/h2-8,12,16,19H,9-11,13-15H2,1H3/t16-,19?,23-/m1/s1. The van der Waals surface area contributed by atoms with Gasteiger partial charge in [-0.1, -0.05) is 43.3 Å². The summed E-state index contributed by atoms with van der Waals surface area (Å²) in [6, 6.07) is 16.8. The van der Waals surface area contributed by atoms with E-state index in [2.05, 4.69) is 42.2 Å². The average molecular weight is 347 g/mol. The lowest BCUT2D eigenvalue weighted by atomic mass is 9.76. The highest BCUT2D eigenvalue weighted by atomic mass is 16.5. The van der Waals surface area contributed by atoms with E-state index in [1.54, 1.807) is 0 Å². The average Bonchev–Trinajstić information content (AvgIpc) is 3.10. The zero-order valence-electron chi connectivity index (χ0n) is 15.3. The molecular formula is C23H25NO2. The minimum Gasteiger partial charge on any atom is -0.489 e. The highest BCUT2D eigenvalue weighted by Crippen LogP contribution is 2.58. The first-order valence-electron chi connectivity index (χ1n) is 9.77. The van der Waals surface area contributed by atoms with Crippen LogP contribution in [0.5, 0.6) is 5.75 Å². The molecular weight excluding hydrogens is 322 g/mol. The van der Waals surface area contributed by atoms with Crippen LogP contribution in [0.3, 0.4) is 0 Å². The van der Waals surface area contributed by atoms with Crippen LogP contribution in [0.4, 0.5) is 0 Å². The maximum Gasteiger partial charge on any atom is 0.223 e. The summed E-state index contributed by atoms with van der Waals surface area (Å²) in [4.78, 5) is 14.8. The summed E-state index contributed by atoms with van der Waals surface area (Å²) in [5.74, 6) is 2.47. The Morgan fingerprint density at radius 1 is 1.19 bits per heavy atom. The number of benzene rings is 2. The summed E-state index contributed by atoms with van der Waals surface area (Å²) in [7, 11) is 0. The van der Waals surface area contributed by atoms with E-state index in [1.165, 1.54) is 23.1 Å². The summed E-state index contributed by atoms with van der Waals surface area (Å²) < 4.78 is 6.04. The number of carbonyl (C=O) groups excluding carboxylic acids is 1. The Bertz CT molecular complexity index is 847. The number of ether oxygens (including phenoxy) is 1. The number of hydrogen-bond donors (Lipinski definition) is 0. The van der Waals surface area contributed by atoms with E-state index in [9.17, 15) is 4.79 Å². The third kappa shape index (κ3) is 2.29. The monoisotopic (exact) mass is 347 g/mol. The number of amides is 1. The van der Waals surface area contributed by atoms with Gasteiger partial charge in [-0.15, -0.1) is 0 Å². The molecule has 1 saturated carbocycles. The zero-order valence-corrected chi connectivity index (χ0v) is 15.3. The Labute approximate surface area is 155 Å². The van der Waals surface area contributed by atoms with Crippen LogP contribution >= 0.6 is 0 Å². The Morgan fingerprint density at radius 3 is 2.88 bits per heavy atom. The minimum absolute atomic E-state index is 0.0396. The van der Waals surface area contributed by atoms with Crippen LogP contribution in [0, 0.1) is 11.8 Å². The van der Waals surface area contributed by atoms with Crippen molar-refractivity contribution in [2.75, 3.05) is 6.54 Å². The highest BCUT2D eigenvalue weighted by Gasteiger charge is 2.59. The van der Waals surface area contributed by atoms with E-state index in [0.717, 1.165) is 31.6 Å². The molecule has 1 saturated heterocycles. The van der Waals surface area contributed by atoms with E-state index in [0.29, 0.717) is 24.3 Å². The molecule has 1 aliphatic carbocycles. The minimum atomic E-state index is -0.0396. The quantitative estimate of drug-likeness (QED) is 0.829. The van der Waals surface area contributed by atoms with Gasteiger partial charge < -0.3 is 9.64 Å². The molecule has 3 nitrogen and oxygen atoms in total. The van der Waals surface area contributed by atoms with E-state index >= 15 is 0 Å². The summed E-state index contributed by atoms with van der Waals surface area (Å²) in [5, 5.41) is 0. The maximum atomic E-state index is 12.6. The van der Waals surface area contributed by atoms with Crippen molar-refractivity contribution in [3.8, 4) is 5.75 Å². The summed E-state index contributed by atoms with van der Waals surface area (Å²) in [6.07, 6.45) is 3.96. The van der Waals surface area contributed by atoms with Crippen molar-refractivity contribution in [3.05, 3.63) is 65.2 Å². The van der Waals surface area contributed by atoms with Crippen molar-refractivity contribution < 1.29 is 9.53 Å². The van der Waals surface area contributed by atoms with Crippen LogP contribution < -0.4 is 4.74 Å². The number of fused-ring (bicyclic) bond motifs is 1. The van der Waals surface area contributed by atoms with Crippen LogP contribution in [-0.4, -0.2) is 17.4 Å². The third-order valence-electron chi connectivity index (χ3n) is 6.62. The fourth-order valence-corrected chi connectivity index (χ4v) is 5.65. The molecule has 0 radical (unpaired) electrons. The molecule has 1 amide bonds. The molecule has 2 aromatic rings. The van der Waals surface area contributed by atoms with Crippen LogP contribution in [0.2, 0.25) is 0 Å². The molecule has 3 aliphatic rings. The number of hydrogen-bond acceptors (Lipinski definition) is 2. The molecule has 2 aliphatic heterocycles. The Balaban J connectivity index is 1.45. The van der Waals surface area contributed by atoms with Gasteiger partial charge in [0.2, 0.25) is 5.91 Å². The molecule has 3 heteroatoms. The highest BCUT2D eigenvalue weighted by molar-refractivity contribution is 5.82. The van der Waals surface area contributed by atoms with Crippen molar-refractivity contribution in [2.24, 2.45) is 11.8 Å². The van der Waals surface area contributed by atoms with Crippen LogP contribution in [0.25, 0.3) is 0 Å². The smallest absolute Gasteiger partial charge is 0.223 e. The molecule has 26 heavy (non-hydrogen) atoms. The van der Waals surface area contributed by atoms with Crippen molar-refractivity contribution in [3.63, 3.8) is 0 Å². The lowest BCUT2D eigenvalue weighted by Gasteiger charge is -2.44. The molecule has 5 rings (SSSR count). The number of nitrogens with zero attached hydrogens (tertiary/aromatic N) is 1. The topological polar surface area (TPSA) is 29.5 Å². The van der Waals surface area contributed by atoms with E-state index in [1.807, 2.05) is 18.2 Å². The van der Waals surface area contributed by atoms with Crippen LogP contribution in [0.15, 0.2) is 48.5 Å². The summed E-state index contributed by atoms with van der Waals surface area (Å²) in [6.45, 7) is 3.79. The second-order valence-corrected chi connectivity index (χ2v) is 8.26. The predicted molar refractivity (Wildman–Crippen MR) is 101 cm³/mol. The van der Waals surface area contributed by atoms with Crippen molar-refractivity contribution in [2.45, 2.75) is 44.8 Å². The first kappa shape index (κ1) is 15.9. The fourth-order valence-electron chi connectivity index (χ4n) is 5.65. The zero-order chi connectivity index (χ0) is 17.7. The second-order valence-electron chi connectivity index (χ2n) is 8.26. The lowest BCUT2D eigenvalue weighted by molar-refractivity contribution is -0.132. The molecule has 2 aromatic carbocycles. The van der Waals surface area contributed by atoms with Gasteiger partial charge in [-0.05, 0) is 59.9 Å². The third-order valence-corrected chi connectivity index (χ3v) is 6.62. The van der Waals surface area contributed by atoms with Gasteiger partial charge in [-0.3, -0.25) is 4.79 Å². The van der Waals surface area contributed by atoms with Crippen molar-refractivity contribution >= 4 is 5.91 Å². The van der Waals surface area contributed by atoms with Gasteiger partial charge in [0.25, 0.3) is 0 Å². The SMILES string of the molecule is C[C@@H]1CC2CC(=O)N3CCc4cc(OCc5ccccc5)ccc4[C@@]23C1. The molecule has 1 spiro atoms. The van der Waals surface area contributed by atoms with Gasteiger partial charge in [0.15, 0.2) is 0 Å². The molecule has 134 valence electrons. The van der Waals surface area contributed by atoms with Crippen molar-refractivity contribution in [1.29, 1.82) is 0 Å². The first-order valence-corrected chi connectivity index (χ1v) is 9.77. The van der Waals surface area contributed by atoms with Gasteiger partial charge in [0.05, 0.1) is 5.54 Å². The van der Waals surface area contributed by atoms with E-state index < -0.39 is 0 Å². The summed E-state index contributed by atoms with van der Waals surface area (Å²) in [5.41, 5.74) is 3.90. The molecule has 2 fully saturated rings. The molecule has 1 unspecified atom stereocenters.